The number of hydrogen-bond acceptors (Lipinski definition) is 4. The maximum atomic E-state index is 5.38. The molecule has 2 heterocycles. The van der Waals surface area contributed by atoms with Crippen LogP contribution in [0.4, 0.5) is 5.95 Å². The van der Waals surface area contributed by atoms with Crippen LogP contribution >= 0.6 is 0 Å². The van der Waals surface area contributed by atoms with Gasteiger partial charge in [0.15, 0.2) is 0 Å². The molecule has 5 nitrogen and oxygen atoms in total. The van der Waals surface area contributed by atoms with Gasteiger partial charge in [0.1, 0.15) is 6.33 Å². The molecule has 2 rings (SSSR count). The molecule has 0 amide bonds. The van der Waals surface area contributed by atoms with Gasteiger partial charge in [0.2, 0.25) is 5.95 Å². The van der Waals surface area contributed by atoms with Crippen LogP contribution in [0.25, 0.3) is 0 Å². The second kappa shape index (κ2) is 3.22. The molecule has 0 saturated heterocycles. The topological polar surface area (TPSA) is 69.6 Å². The Balaban J connectivity index is 2.15. The van der Waals surface area contributed by atoms with E-state index in [2.05, 4.69) is 15.1 Å². The molecule has 13 heavy (non-hydrogen) atoms. The molecule has 0 spiro atoms. The maximum Gasteiger partial charge on any atom is 0.239 e. The lowest BCUT2D eigenvalue weighted by atomic mass is 10.3. The van der Waals surface area contributed by atoms with E-state index in [1.165, 1.54) is 0 Å². The first kappa shape index (κ1) is 7.72. The Morgan fingerprint density at radius 3 is 2.69 bits per heavy atom. The Bertz CT molecular complexity index is 380. The second-order valence-electron chi connectivity index (χ2n) is 2.66. The van der Waals surface area contributed by atoms with E-state index in [1.807, 2.05) is 12.1 Å². The minimum atomic E-state index is 0.300. The second-order valence-corrected chi connectivity index (χ2v) is 2.66. The van der Waals surface area contributed by atoms with Crippen LogP contribution in [0, 0.1) is 0 Å². The first-order chi connectivity index (χ1) is 6.34. The van der Waals surface area contributed by atoms with Gasteiger partial charge in [-0.3, -0.25) is 4.98 Å². The van der Waals surface area contributed by atoms with Crippen molar-refractivity contribution in [2.75, 3.05) is 5.73 Å². The number of nitrogen functional groups attached to an aromatic ring is 1. The van der Waals surface area contributed by atoms with Crippen molar-refractivity contribution in [1.82, 2.24) is 19.7 Å². The summed E-state index contributed by atoms with van der Waals surface area (Å²) in [6.07, 6.45) is 5.10. The lowest BCUT2D eigenvalue weighted by molar-refractivity contribution is 0.687. The third-order valence-electron chi connectivity index (χ3n) is 1.65. The molecular formula is C8H9N5. The zero-order chi connectivity index (χ0) is 9.10. The maximum absolute atomic E-state index is 5.38. The van der Waals surface area contributed by atoms with Crippen molar-refractivity contribution >= 4 is 5.95 Å². The van der Waals surface area contributed by atoms with E-state index >= 15 is 0 Å². The lowest BCUT2D eigenvalue weighted by Gasteiger charge is -1.98. The zero-order valence-corrected chi connectivity index (χ0v) is 6.96. The van der Waals surface area contributed by atoms with Gasteiger partial charge >= 0.3 is 0 Å². The van der Waals surface area contributed by atoms with Crippen LogP contribution < -0.4 is 5.73 Å². The van der Waals surface area contributed by atoms with Crippen molar-refractivity contribution in [2.24, 2.45) is 0 Å². The molecule has 2 aromatic rings. The van der Waals surface area contributed by atoms with Crippen molar-refractivity contribution in [1.29, 1.82) is 0 Å². The lowest BCUT2D eigenvalue weighted by Crippen LogP contribution is -2.00. The van der Waals surface area contributed by atoms with E-state index in [0.29, 0.717) is 12.5 Å². The Labute approximate surface area is 75.2 Å². The van der Waals surface area contributed by atoms with E-state index in [-0.39, 0.29) is 0 Å². The molecular weight excluding hydrogens is 166 g/mol. The zero-order valence-electron chi connectivity index (χ0n) is 6.96. The molecule has 0 aromatic carbocycles. The highest BCUT2D eigenvalue weighted by Gasteiger charge is 1.96. The fraction of sp³-hybridized carbons (Fsp3) is 0.125. The number of rotatable bonds is 2. The molecule has 0 radical (unpaired) electrons. The molecule has 0 fully saturated rings. The smallest absolute Gasteiger partial charge is 0.239 e. The van der Waals surface area contributed by atoms with Crippen LogP contribution in [0.1, 0.15) is 5.56 Å². The Morgan fingerprint density at radius 1 is 1.31 bits per heavy atom. The largest absolute Gasteiger partial charge is 0.367 e. The summed E-state index contributed by atoms with van der Waals surface area (Å²) in [5.41, 5.74) is 6.50. The first-order valence-electron chi connectivity index (χ1n) is 3.88. The molecule has 0 saturated carbocycles. The van der Waals surface area contributed by atoms with Gasteiger partial charge in [0.25, 0.3) is 0 Å². The summed E-state index contributed by atoms with van der Waals surface area (Å²) in [6, 6.07) is 3.86. The average molecular weight is 175 g/mol. The van der Waals surface area contributed by atoms with Gasteiger partial charge < -0.3 is 5.73 Å². The fourth-order valence-electron chi connectivity index (χ4n) is 1.06. The van der Waals surface area contributed by atoms with Gasteiger partial charge in [-0.1, -0.05) is 0 Å². The van der Waals surface area contributed by atoms with Crippen molar-refractivity contribution in [3.63, 3.8) is 0 Å². The summed E-state index contributed by atoms with van der Waals surface area (Å²) in [5.74, 6) is 0.300. The van der Waals surface area contributed by atoms with Crippen LogP contribution in [0.2, 0.25) is 0 Å². The Kier molecular flexibility index (Phi) is 1.91. The number of aromatic nitrogens is 4. The highest BCUT2D eigenvalue weighted by molar-refractivity contribution is 5.12. The van der Waals surface area contributed by atoms with Gasteiger partial charge in [-0.05, 0) is 17.7 Å². The van der Waals surface area contributed by atoms with Gasteiger partial charge in [0, 0.05) is 12.4 Å². The molecule has 0 unspecified atom stereocenters. The summed E-state index contributed by atoms with van der Waals surface area (Å²) in [4.78, 5) is 7.75. The van der Waals surface area contributed by atoms with Crippen molar-refractivity contribution in [3.05, 3.63) is 36.4 Å². The third kappa shape index (κ3) is 1.81. The SMILES string of the molecule is Nc1ncn(Cc2ccncc2)n1. The highest BCUT2D eigenvalue weighted by atomic mass is 15.3. The normalized spacial score (nSPS) is 10.2. The average Bonchev–Trinajstić information content (AvgIpc) is 2.53. The standard InChI is InChI=1S/C8H9N5/c9-8-11-6-13(12-8)5-7-1-3-10-4-2-7/h1-4,6H,5H2,(H2,9,12). The number of pyridine rings is 1. The molecule has 0 aliphatic carbocycles. The molecule has 0 bridgehead atoms. The van der Waals surface area contributed by atoms with Crippen LogP contribution in [0.3, 0.4) is 0 Å². The summed E-state index contributed by atoms with van der Waals surface area (Å²) >= 11 is 0. The fourth-order valence-corrected chi connectivity index (χ4v) is 1.06. The molecule has 2 N–H and O–H groups in total. The van der Waals surface area contributed by atoms with E-state index in [4.69, 9.17) is 5.73 Å². The minimum absolute atomic E-state index is 0.300. The van der Waals surface area contributed by atoms with Gasteiger partial charge in [-0.2, -0.15) is 0 Å². The van der Waals surface area contributed by atoms with Crippen molar-refractivity contribution < 1.29 is 0 Å². The Hall–Kier alpha value is -1.91. The third-order valence-corrected chi connectivity index (χ3v) is 1.65. The van der Waals surface area contributed by atoms with Gasteiger partial charge in [0.05, 0.1) is 6.54 Å². The number of hydrogen-bond donors (Lipinski definition) is 1. The highest BCUT2D eigenvalue weighted by Crippen LogP contribution is 1.99. The predicted octanol–water partition coefficient (Wildman–Crippen LogP) is 0.304. The van der Waals surface area contributed by atoms with Crippen LogP contribution in [-0.4, -0.2) is 19.7 Å². The minimum Gasteiger partial charge on any atom is -0.367 e. The summed E-state index contributed by atoms with van der Waals surface area (Å²) < 4.78 is 1.69. The monoisotopic (exact) mass is 175 g/mol. The molecule has 0 aliphatic rings. The number of nitrogens with zero attached hydrogens (tertiary/aromatic N) is 4. The molecule has 2 aromatic heterocycles. The van der Waals surface area contributed by atoms with Gasteiger partial charge in [-0.15, -0.1) is 5.10 Å². The van der Waals surface area contributed by atoms with Crippen LogP contribution in [-0.2, 0) is 6.54 Å². The summed E-state index contributed by atoms with van der Waals surface area (Å²) in [7, 11) is 0. The predicted molar refractivity (Wildman–Crippen MR) is 47.8 cm³/mol. The van der Waals surface area contributed by atoms with E-state index < -0.39 is 0 Å². The van der Waals surface area contributed by atoms with Crippen LogP contribution in [0.15, 0.2) is 30.9 Å². The summed E-state index contributed by atoms with van der Waals surface area (Å²) in [5, 5.41) is 3.97. The molecule has 5 heteroatoms. The van der Waals surface area contributed by atoms with Crippen molar-refractivity contribution in [3.8, 4) is 0 Å². The van der Waals surface area contributed by atoms with E-state index in [9.17, 15) is 0 Å². The molecule has 0 aliphatic heterocycles. The van der Waals surface area contributed by atoms with E-state index in [0.717, 1.165) is 5.56 Å². The molecule has 0 atom stereocenters. The van der Waals surface area contributed by atoms with Crippen molar-refractivity contribution in [2.45, 2.75) is 6.54 Å². The quantitative estimate of drug-likeness (QED) is 0.712. The number of anilines is 1. The first-order valence-corrected chi connectivity index (χ1v) is 3.88. The van der Waals surface area contributed by atoms with Gasteiger partial charge in [-0.25, -0.2) is 9.67 Å². The Morgan fingerprint density at radius 2 is 2.08 bits per heavy atom. The molecule has 66 valence electrons. The summed E-state index contributed by atoms with van der Waals surface area (Å²) in [6.45, 7) is 0.673. The number of nitrogens with two attached hydrogens (primary N) is 1. The van der Waals surface area contributed by atoms with E-state index in [1.54, 1.807) is 23.4 Å². The van der Waals surface area contributed by atoms with Crippen LogP contribution in [0.5, 0.6) is 0 Å².